The van der Waals surface area contributed by atoms with Gasteiger partial charge in [-0.05, 0) is 43.9 Å². The Kier molecular flexibility index (Phi) is 5.85. The summed E-state index contributed by atoms with van der Waals surface area (Å²) in [4.78, 5) is 20.8. The molecule has 0 saturated carbocycles. The monoisotopic (exact) mass is 398 g/mol. The fourth-order valence-corrected chi connectivity index (χ4v) is 5.80. The fourth-order valence-electron chi connectivity index (χ4n) is 4.87. The maximum Gasteiger partial charge on any atom is 0.230 e. The number of ether oxygens (including phenoxy) is 1. The van der Waals surface area contributed by atoms with Crippen LogP contribution in [0.4, 0.5) is 0 Å². The van der Waals surface area contributed by atoms with Gasteiger partial charge in [-0.15, -0.1) is 11.3 Å². The molecule has 0 N–H and O–H groups in total. The van der Waals surface area contributed by atoms with Crippen molar-refractivity contribution >= 4 is 17.2 Å². The molecule has 3 heterocycles. The molecular formula is C23H30N2O2S. The van der Waals surface area contributed by atoms with Crippen LogP contribution in [0, 0.1) is 6.92 Å². The Morgan fingerprint density at radius 2 is 1.89 bits per heavy atom. The van der Waals surface area contributed by atoms with Crippen LogP contribution in [0.25, 0.3) is 0 Å². The number of hydrogen-bond acceptors (Lipinski definition) is 4. The second kappa shape index (κ2) is 8.36. The predicted molar refractivity (Wildman–Crippen MR) is 114 cm³/mol. The van der Waals surface area contributed by atoms with Gasteiger partial charge in [0.25, 0.3) is 0 Å². The lowest BCUT2D eigenvalue weighted by molar-refractivity contribution is -0.134. The van der Waals surface area contributed by atoms with Crippen LogP contribution in [0.15, 0.2) is 42.5 Å². The van der Waals surface area contributed by atoms with Crippen molar-refractivity contribution in [3.8, 4) is 0 Å². The number of carbonyl (C=O) groups excluding carboxylic acids is 1. The summed E-state index contributed by atoms with van der Waals surface area (Å²) in [7, 11) is 1.72. The van der Waals surface area contributed by atoms with Gasteiger partial charge < -0.3 is 9.64 Å². The third kappa shape index (κ3) is 3.88. The number of hydrogen-bond donors (Lipinski definition) is 0. The first kappa shape index (κ1) is 19.6. The standard InChI is InChI=1S/C23H30N2O2S/c1-18-8-9-20(28-18)17-24-12-10-23(11-13-24)16-21(19-6-4-3-5-7-19)22(26)25(23)14-15-27-2/h3-9,21H,10-17H2,1-2H3/t21-/m1/s1. The van der Waals surface area contributed by atoms with Crippen molar-refractivity contribution in [1.82, 2.24) is 9.80 Å². The van der Waals surface area contributed by atoms with Gasteiger partial charge in [0.05, 0.1) is 12.5 Å². The smallest absolute Gasteiger partial charge is 0.230 e. The van der Waals surface area contributed by atoms with Crippen molar-refractivity contribution in [3.63, 3.8) is 0 Å². The van der Waals surface area contributed by atoms with E-state index in [1.54, 1.807) is 7.11 Å². The first-order valence-electron chi connectivity index (χ1n) is 10.2. The van der Waals surface area contributed by atoms with E-state index in [1.165, 1.54) is 9.75 Å². The van der Waals surface area contributed by atoms with E-state index in [9.17, 15) is 4.79 Å². The first-order valence-corrected chi connectivity index (χ1v) is 11.1. The van der Waals surface area contributed by atoms with Crippen LogP contribution in [0.5, 0.6) is 0 Å². The number of nitrogens with zero attached hydrogens (tertiary/aromatic N) is 2. The lowest BCUT2D eigenvalue weighted by Crippen LogP contribution is -2.53. The summed E-state index contributed by atoms with van der Waals surface area (Å²) in [6.45, 7) is 6.60. The molecule has 0 aliphatic carbocycles. The highest BCUT2D eigenvalue weighted by Crippen LogP contribution is 2.45. The first-order chi connectivity index (χ1) is 13.6. The number of rotatable bonds is 6. The average molecular weight is 399 g/mol. The average Bonchev–Trinajstić information content (AvgIpc) is 3.24. The van der Waals surface area contributed by atoms with Crippen LogP contribution in [-0.2, 0) is 16.1 Å². The van der Waals surface area contributed by atoms with Crippen molar-refractivity contribution in [3.05, 3.63) is 57.8 Å². The zero-order valence-electron chi connectivity index (χ0n) is 16.9. The number of carbonyl (C=O) groups is 1. The maximum atomic E-state index is 13.3. The van der Waals surface area contributed by atoms with Crippen LogP contribution >= 0.6 is 11.3 Å². The van der Waals surface area contributed by atoms with E-state index in [0.717, 1.165) is 44.5 Å². The number of thiophene rings is 1. The highest BCUT2D eigenvalue weighted by molar-refractivity contribution is 7.11. The Labute approximate surface area is 172 Å². The van der Waals surface area contributed by atoms with Gasteiger partial charge in [0.2, 0.25) is 5.91 Å². The Hall–Kier alpha value is -1.69. The minimum Gasteiger partial charge on any atom is -0.383 e. The van der Waals surface area contributed by atoms with Crippen molar-refractivity contribution in [2.45, 2.75) is 44.2 Å². The molecule has 0 radical (unpaired) electrons. The molecule has 1 spiro atoms. The zero-order valence-corrected chi connectivity index (χ0v) is 17.7. The highest BCUT2D eigenvalue weighted by Gasteiger charge is 2.51. The molecule has 5 heteroatoms. The molecule has 2 aliphatic heterocycles. The molecular weight excluding hydrogens is 368 g/mol. The minimum absolute atomic E-state index is 0.00967. The number of amides is 1. The van der Waals surface area contributed by atoms with Gasteiger partial charge >= 0.3 is 0 Å². The summed E-state index contributed by atoms with van der Waals surface area (Å²) < 4.78 is 5.33. The third-order valence-electron chi connectivity index (χ3n) is 6.40. The lowest BCUT2D eigenvalue weighted by Gasteiger charge is -2.45. The van der Waals surface area contributed by atoms with Gasteiger partial charge in [-0.25, -0.2) is 0 Å². The normalized spacial score (nSPS) is 22.3. The van der Waals surface area contributed by atoms with E-state index < -0.39 is 0 Å². The number of benzene rings is 1. The van der Waals surface area contributed by atoms with Crippen molar-refractivity contribution in [1.29, 1.82) is 0 Å². The summed E-state index contributed by atoms with van der Waals surface area (Å²) >= 11 is 1.89. The topological polar surface area (TPSA) is 32.8 Å². The van der Waals surface area contributed by atoms with Gasteiger partial charge in [-0.1, -0.05) is 30.3 Å². The molecule has 1 aromatic carbocycles. The summed E-state index contributed by atoms with van der Waals surface area (Å²) in [5.74, 6) is 0.273. The Morgan fingerprint density at radius 1 is 1.14 bits per heavy atom. The second-order valence-corrected chi connectivity index (χ2v) is 9.54. The Morgan fingerprint density at radius 3 is 2.54 bits per heavy atom. The van der Waals surface area contributed by atoms with Gasteiger partial charge in [-0.2, -0.15) is 0 Å². The van der Waals surface area contributed by atoms with Gasteiger partial charge in [0.1, 0.15) is 0 Å². The summed E-state index contributed by atoms with van der Waals surface area (Å²) in [6, 6.07) is 14.8. The molecule has 2 aliphatic rings. The molecule has 0 unspecified atom stereocenters. The predicted octanol–water partition coefficient (Wildman–Crippen LogP) is 4.05. The molecule has 0 bridgehead atoms. The largest absolute Gasteiger partial charge is 0.383 e. The van der Waals surface area contributed by atoms with E-state index in [1.807, 2.05) is 29.5 Å². The third-order valence-corrected chi connectivity index (χ3v) is 7.39. The molecule has 4 rings (SSSR count). The summed E-state index contributed by atoms with van der Waals surface area (Å²) in [5, 5.41) is 0. The number of methoxy groups -OCH3 is 1. The fraction of sp³-hybridized carbons (Fsp3) is 0.522. The number of piperidine rings is 1. The quantitative estimate of drug-likeness (QED) is 0.736. The van der Waals surface area contributed by atoms with E-state index in [0.29, 0.717) is 13.2 Å². The highest BCUT2D eigenvalue weighted by atomic mass is 32.1. The van der Waals surface area contributed by atoms with Gasteiger partial charge in [0.15, 0.2) is 0 Å². The van der Waals surface area contributed by atoms with E-state index in [-0.39, 0.29) is 17.4 Å². The van der Waals surface area contributed by atoms with E-state index in [2.05, 4.69) is 41.0 Å². The van der Waals surface area contributed by atoms with Crippen LogP contribution in [0.1, 0.15) is 40.5 Å². The van der Waals surface area contributed by atoms with Gasteiger partial charge in [-0.3, -0.25) is 9.69 Å². The van der Waals surface area contributed by atoms with E-state index >= 15 is 0 Å². The van der Waals surface area contributed by atoms with Gasteiger partial charge in [0, 0.05) is 48.6 Å². The molecule has 150 valence electrons. The SMILES string of the molecule is COCCN1C(=O)[C@@H](c2ccccc2)CC12CCN(Cc1ccc(C)s1)CC2. The number of aryl methyl sites for hydroxylation is 1. The molecule has 2 aromatic rings. The van der Waals surface area contributed by atoms with Crippen molar-refractivity contribution in [2.24, 2.45) is 0 Å². The Balaban J connectivity index is 1.49. The summed E-state index contributed by atoms with van der Waals surface area (Å²) in [6.07, 6.45) is 3.04. The molecule has 1 atom stereocenters. The van der Waals surface area contributed by atoms with Crippen molar-refractivity contribution in [2.75, 3.05) is 33.4 Å². The molecule has 1 amide bonds. The van der Waals surface area contributed by atoms with Crippen LogP contribution < -0.4 is 0 Å². The van der Waals surface area contributed by atoms with Crippen molar-refractivity contribution < 1.29 is 9.53 Å². The molecule has 2 saturated heterocycles. The number of likely N-dealkylation sites (tertiary alicyclic amines) is 2. The molecule has 28 heavy (non-hydrogen) atoms. The second-order valence-electron chi connectivity index (χ2n) is 8.16. The van der Waals surface area contributed by atoms with Crippen LogP contribution in [-0.4, -0.2) is 54.6 Å². The summed E-state index contributed by atoms with van der Waals surface area (Å²) in [5.41, 5.74) is 1.14. The molecule has 2 fully saturated rings. The zero-order chi connectivity index (χ0) is 19.6. The minimum atomic E-state index is -0.0159. The lowest BCUT2D eigenvalue weighted by atomic mass is 9.81. The molecule has 1 aromatic heterocycles. The van der Waals surface area contributed by atoms with Crippen LogP contribution in [0.3, 0.4) is 0 Å². The maximum absolute atomic E-state index is 13.3. The van der Waals surface area contributed by atoms with E-state index in [4.69, 9.17) is 4.74 Å². The van der Waals surface area contributed by atoms with Crippen LogP contribution in [0.2, 0.25) is 0 Å². The Bertz CT molecular complexity index is 796. The molecule has 4 nitrogen and oxygen atoms in total.